The smallest absolute Gasteiger partial charge is 0.144 e. The number of fused-ring (bicyclic) bond motifs is 1. The minimum absolute atomic E-state index is 0.0153. The molecule has 0 amide bonds. The molecule has 0 unspecified atom stereocenters. The van der Waals surface area contributed by atoms with Gasteiger partial charge in [-0.1, -0.05) is 42.0 Å². The van der Waals surface area contributed by atoms with Crippen LogP contribution in [0.2, 0.25) is 0 Å². The molecule has 2 aliphatic heterocycles. The summed E-state index contributed by atoms with van der Waals surface area (Å²) in [4.78, 5) is 14.3. The minimum atomic E-state index is -0.213. The van der Waals surface area contributed by atoms with Crippen molar-refractivity contribution >= 4 is 28.0 Å². The van der Waals surface area contributed by atoms with Gasteiger partial charge in [-0.3, -0.25) is 0 Å². The van der Waals surface area contributed by atoms with Crippen molar-refractivity contribution in [3.63, 3.8) is 0 Å². The van der Waals surface area contributed by atoms with Gasteiger partial charge in [0.25, 0.3) is 0 Å². The van der Waals surface area contributed by atoms with Crippen molar-refractivity contribution in [1.29, 1.82) is 0 Å². The molecule has 0 bridgehead atoms. The molecule has 3 heterocycles. The highest BCUT2D eigenvalue weighted by atomic mass is 19.1. The second-order valence-corrected chi connectivity index (χ2v) is 11.7. The lowest BCUT2D eigenvalue weighted by molar-refractivity contribution is 0.311. The fourth-order valence-electron chi connectivity index (χ4n) is 6.23. The molecule has 0 saturated carbocycles. The van der Waals surface area contributed by atoms with Crippen LogP contribution in [0.25, 0.3) is 16.5 Å². The Bertz CT molecular complexity index is 1600. The molecule has 1 aromatic heterocycles. The van der Waals surface area contributed by atoms with Gasteiger partial charge < -0.3 is 25.2 Å². The number of anilines is 2. The van der Waals surface area contributed by atoms with E-state index in [0.29, 0.717) is 5.82 Å². The Balaban J connectivity index is 1.30. The standard InChI is InChI=1S/C35H41FN6O/c1-23(25-5-7-26(8-6-25)34(28-13-15-37-16-14-28)27-9-11-29(36)12-10-27)38-35-30-21-32(42-19-17-41(3)18-20-42)33(43-4)22-31(30)39-24(2)40-35/h5-12,21-23,37H,13-20H2,1-4H3,(H,38,39,40)/t23-/m1/s1. The van der Waals surface area contributed by atoms with Gasteiger partial charge in [0, 0.05) is 43.7 Å². The van der Waals surface area contributed by atoms with Crippen LogP contribution < -0.4 is 20.3 Å². The van der Waals surface area contributed by atoms with Crippen molar-refractivity contribution in [2.75, 3.05) is 63.6 Å². The predicted molar refractivity (Wildman–Crippen MR) is 174 cm³/mol. The largest absolute Gasteiger partial charge is 0.495 e. The first kappa shape index (κ1) is 29.1. The highest BCUT2D eigenvalue weighted by molar-refractivity contribution is 5.94. The third-order valence-electron chi connectivity index (χ3n) is 8.70. The van der Waals surface area contributed by atoms with Gasteiger partial charge >= 0.3 is 0 Å². The first-order chi connectivity index (χ1) is 20.9. The lowest BCUT2D eigenvalue weighted by Gasteiger charge is -2.35. The van der Waals surface area contributed by atoms with Crippen LogP contribution in [0.4, 0.5) is 15.9 Å². The predicted octanol–water partition coefficient (Wildman–Crippen LogP) is 6.20. The molecule has 2 aliphatic rings. The van der Waals surface area contributed by atoms with Gasteiger partial charge in [0.2, 0.25) is 0 Å². The summed E-state index contributed by atoms with van der Waals surface area (Å²) in [6.45, 7) is 9.94. The van der Waals surface area contributed by atoms with Crippen LogP contribution in [0.5, 0.6) is 5.75 Å². The number of nitrogens with one attached hydrogen (secondary N) is 2. The number of aryl methyl sites for hydroxylation is 1. The third-order valence-corrected chi connectivity index (χ3v) is 8.70. The molecule has 0 radical (unpaired) electrons. The number of ether oxygens (including phenoxy) is 1. The molecule has 8 heteroatoms. The summed E-state index contributed by atoms with van der Waals surface area (Å²) in [5, 5.41) is 8.12. The topological polar surface area (TPSA) is 65.6 Å². The molecule has 0 aliphatic carbocycles. The number of rotatable bonds is 7. The number of methoxy groups -OCH3 is 1. The van der Waals surface area contributed by atoms with E-state index in [0.717, 1.165) is 97.0 Å². The molecule has 43 heavy (non-hydrogen) atoms. The molecular formula is C35H41FN6O. The second-order valence-electron chi connectivity index (χ2n) is 11.7. The van der Waals surface area contributed by atoms with E-state index in [1.54, 1.807) is 19.2 Å². The van der Waals surface area contributed by atoms with E-state index >= 15 is 0 Å². The van der Waals surface area contributed by atoms with E-state index in [1.165, 1.54) is 11.1 Å². The molecule has 0 spiro atoms. The average Bonchev–Trinajstić information content (AvgIpc) is 3.03. The van der Waals surface area contributed by atoms with E-state index in [4.69, 9.17) is 14.7 Å². The average molecular weight is 581 g/mol. The second kappa shape index (κ2) is 12.7. The van der Waals surface area contributed by atoms with Gasteiger partial charge in [-0.2, -0.15) is 0 Å². The number of benzene rings is 3. The van der Waals surface area contributed by atoms with Crippen molar-refractivity contribution in [2.45, 2.75) is 32.7 Å². The monoisotopic (exact) mass is 580 g/mol. The lowest BCUT2D eigenvalue weighted by Crippen LogP contribution is -2.44. The molecule has 1 atom stereocenters. The Labute approximate surface area is 253 Å². The Morgan fingerprint density at radius 1 is 0.930 bits per heavy atom. The van der Waals surface area contributed by atoms with Gasteiger partial charge in [-0.05, 0) is 87.3 Å². The molecular weight excluding hydrogens is 539 g/mol. The summed E-state index contributed by atoms with van der Waals surface area (Å²) in [5.41, 5.74) is 7.96. The van der Waals surface area contributed by atoms with Gasteiger partial charge in [-0.15, -0.1) is 0 Å². The summed E-state index contributed by atoms with van der Waals surface area (Å²) < 4.78 is 19.6. The first-order valence-electron chi connectivity index (χ1n) is 15.2. The van der Waals surface area contributed by atoms with Crippen LogP contribution >= 0.6 is 0 Å². The maximum Gasteiger partial charge on any atom is 0.144 e. The quantitative estimate of drug-likeness (QED) is 0.270. The normalized spacial score (nSPS) is 16.8. The Hall–Kier alpha value is -4.01. The van der Waals surface area contributed by atoms with Crippen molar-refractivity contribution < 1.29 is 9.13 Å². The summed E-state index contributed by atoms with van der Waals surface area (Å²) >= 11 is 0. The Morgan fingerprint density at radius 2 is 1.58 bits per heavy atom. The first-order valence-corrected chi connectivity index (χ1v) is 15.2. The molecule has 2 saturated heterocycles. The van der Waals surface area contributed by atoms with Gasteiger partial charge in [0.1, 0.15) is 23.2 Å². The number of halogens is 1. The van der Waals surface area contributed by atoms with E-state index < -0.39 is 0 Å². The van der Waals surface area contributed by atoms with Crippen LogP contribution in [0.1, 0.15) is 48.3 Å². The van der Waals surface area contributed by atoms with E-state index in [2.05, 4.69) is 64.7 Å². The zero-order chi connectivity index (χ0) is 29.9. The fourth-order valence-corrected chi connectivity index (χ4v) is 6.23. The minimum Gasteiger partial charge on any atom is -0.495 e. The van der Waals surface area contributed by atoms with Crippen LogP contribution in [0.3, 0.4) is 0 Å². The third kappa shape index (κ3) is 6.36. The molecule has 4 aromatic rings. The fraction of sp³-hybridized carbons (Fsp3) is 0.371. The number of likely N-dealkylation sites (N-methyl/N-ethyl adjacent to an activating group) is 1. The van der Waals surface area contributed by atoms with Crippen molar-refractivity contribution in [2.24, 2.45) is 0 Å². The van der Waals surface area contributed by atoms with Crippen LogP contribution in [-0.2, 0) is 0 Å². The molecule has 224 valence electrons. The number of piperazine rings is 1. The van der Waals surface area contributed by atoms with E-state index in [1.807, 2.05) is 25.1 Å². The zero-order valence-corrected chi connectivity index (χ0v) is 25.6. The van der Waals surface area contributed by atoms with Gasteiger partial charge in [-0.25, -0.2) is 14.4 Å². The number of hydrogen-bond donors (Lipinski definition) is 2. The molecule has 3 aromatic carbocycles. The summed E-state index contributed by atoms with van der Waals surface area (Å²) in [6, 6.07) is 19.9. The van der Waals surface area contributed by atoms with Crippen molar-refractivity contribution in [1.82, 2.24) is 20.2 Å². The number of nitrogens with zero attached hydrogens (tertiary/aromatic N) is 4. The van der Waals surface area contributed by atoms with Crippen molar-refractivity contribution in [3.8, 4) is 5.75 Å². The summed E-state index contributed by atoms with van der Waals surface area (Å²) in [6.07, 6.45) is 1.99. The Kier molecular flexibility index (Phi) is 8.58. The molecule has 2 N–H and O–H groups in total. The summed E-state index contributed by atoms with van der Waals surface area (Å²) in [7, 11) is 3.89. The zero-order valence-electron chi connectivity index (χ0n) is 25.6. The molecule has 7 nitrogen and oxygen atoms in total. The van der Waals surface area contributed by atoms with E-state index in [9.17, 15) is 4.39 Å². The van der Waals surface area contributed by atoms with Gasteiger partial charge in [0.05, 0.1) is 18.3 Å². The Morgan fingerprint density at radius 3 is 2.23 bits per heavy atom. The van der Waals surface area contributed by atoms with Crippen LogP contribution in [0.15, 0.2) is 66.2 Å². The molecule has 2 fully saturated rings. The van der Waals surface area contributed by atoms with Crippen LogP contribution in [-0.4, -0.2) is 68.3 Å². The molecule has 6 rings (SSSR count). The SMILES string of the molecule is COc1cc2nc(C)nc(N[C@H](C)c3ccc(C(=C4CCNCC4)c4ccc(F)cc4)cc3)c2cc1N1CCN(C)CC1. The lowest BCUT2D eigenvalue weighted by atomic mass is 9.88. The van der Waals surface area contributed by atoms with Crippen LogP contribution in [0, 0.1) is 12.7 Å². The summed E-state index contributed by atoms with van der Waals surface area (Å²) in [5.74, 6) is 2.16. The van der Waals surface area contributed by atoms with Crippen molar-refractivity contribution in [3.05, 3.63) is 94.6 Å². The number of aromatic nitrogens is 2. The van der Waals surface area contributed by atoms with Gasteiger partial charge in [0.15, 0.2) is 0 Å². The highest BCUT2D eigenvalue weighted by Gasteiger charge is 2.21. The highest BCUT2D eigenvalue weighted by Crippen LogP contribution is 2.37. The van der Waals surface area contributed by atoms with E-state index in [-0.39, 0.29) is 11.9 Å². The maximum atomic E-state index is 13.8. The number of hydrogen-bond acceptors (Lipinski definition) is 7. The maximum absolute atomic E-state index is 13.8. The number of piperidine rings is 1.